The van der Waals surface area contributed by atoms with Crippen LogP contribution in [0.3, 0.4) is 0 Å². The minimum absolute atomic E-state index is 0.227. The second kappa shape index (κ2) is 5.06. The van der Waals surface area contributed by atoms with Gasteiger partial charge in [0.1, 0.15) is 5.75 Å². The van der Waals surface area contributed by atoms with Crippen LogP contribution in [-0.2, 0) is 16.4 Å². The van der Waals surface area contributed by atoms with Gasteiger partial charge in [-0.25, -0.2) is 8.42 Å². The molecule has 17 heavy (non-hydrogen) atoms. The zero-order valence-corrected chi connectivity index (χ0v) is 11.2. The average Bonchev–Trinajstić information content (AvgIpc) is 2.19. The smallest absolute Gasteiger partial charge is 0.153 e. The normalized spacial score (nSPS) is 12.6. The first-order chi connectivity index (χ1) is 7.72. The lowest BCUT2D eigenvalue weighted by atomic mass is 10.2. The topological polar surface area (TPSA) is 66.4 Å². The Morgan fingerprint density at radius 1 is 1.24 bits per heavy atom. The van der Waals surface area contributed by atoms with E-state index in [0.29, 0.717) is 13.1 Å². The summed E-state index contributed by atoms with van der Waals surface area (Å²) in [6.45, 7) is 4.38. The van der Waals surface area contributed by atoms with Gasteiger partial charge in [-0.3, -0.25) is 0 Å². The lowest BCUT2D eigenvalue weighted by Gasteiger charge is -2.22. The van der Waals surface area contributed by atoms with Crippen LogP contribution in [0.4, 0.5) is 0 Å². The Kier molecular flexibility index (Phi) is 4.16. The van der Waals surface area contributed by atoms with Crippen LogP contribution in [0.2, 0.25) is 0 Å². The fourth-order valence-electron chi connectivity index (χ4n) is 1.25. The van der Waals surface area contributed by atoms with E-state index in [1.807, 2.05) is 0 Å². The molecule has 0 bridgehead atoms. The predicted molar refractivity (Wildman–Crippen MR) is 68.7 cm³/mol. The molecule has 2 N–H and O–H groups in total. The molecule has 0 aromatic heterocycles. The quantitative estimate of drug-likeness (QED) is 0.834. The van der Waals surface area contributed by atoms with Gasteiger partial charge in [-0.1, -0.05) is 12.1 Å². The molecule has 0 amide bonds. The molecule has 0 saturated heterocycles. The molecule has 0 radical (unpaired) electrons. The molecule has 0 aliphatic rings. The Balaban J connectivity index is 2.51. The molecule has 0 aliphatic carbocycles. The number of hydrogen-bond donors (Lipinski definition) is 2. The summed E-state index contributed by atoms with van der Waals surface area (Å²) in [5.74, 6) is 0.227. The molecular formula is C12H19NO3S. The average molecular weight is 257 g/mol. The fraction of sp³-hybridized carbons (Fsp3) is 0.500. The number of nitrogens with one attached hydrogen (secondary N) is 1. The molecule has 1 aromatic rings. The molecule has 0 spiro atoms. The predicted octanol–water partition coefficient (Wildman–Crippen LogP) is 1.30. The Hall–Kier alpha value is -1.07. The summed E-state index contributed by atoms with van der Waals surface area (Å²) in [5, 5.41) is 12.2. The largest absolute Gasteiger partial charge is 0.508 e. The molecule has 0 unspecified atom stereocenters. The van der Waals surface area contributed by atoms with Crippen molar-refractivity contribution in [1.29, 1.82) is 0 Å². The molecule has 0 fully saturated rings. The van der Waals surface area contributed by atoms with Gasteiger partial charge in [-0.05, 0) is 31.5 Å². The molecule has 5 heteroatoms. The van der Waals surface area contributed by atoms with Gasteiger partial charge in [0, 0.05) is 19.3 Å². The van der Waals surface area contributed by atoms with Crippen molar-refractivity contribution < 1.29 is 13.5 Å². The van der Waals surface area contributed by atoms with Crippen LogP contribution >= 0.6 is 0 Å². The highest BCUT2D eigenvalue weighted by molar-refractivity contribution is 7.92. The number of rotatable bonds is 5. The molecule has 1 aromatic carbocycles. The summed E-state index contributed by atoms with van der Waals surface area (Å²) in [6.07, 6.45) is 1.25. The zero-order chi connectivity index (χ0) is 13.1. The first-order valence-electron chi connectivity index (χ1n) is 5.40. The summed E-state index contributed by atoms with van der Waals surface area (Å²) < 4.78 is 22.2. The monoisotopic (exact) mass is 257 g/mol. The number of benzene rings is 1. The number of phenolic OH excluding ortho intramolecular Hbond substituents is 1. The zero-order valence-electron chi connectivity index (χ0n) is 10.4. The van der Waals surface area contributed by atoms with Gasteiger partial charge < -0.3 is 10.4 Å². The summed E-state index contributed by atoms with van der Waals surface area (Å²) >= 11 is 0. The van der Waals surface area contributed by atoms with E-state index in [9.17, 15) is 8.42 Å². The lowest BCUT2D eigenvalue weighted by molar-refractivity contribution is 0.475. The SMILES string of the molecule is CC(C)(CNCc1ccc(O)cc1)S(C)(=O)=O. The van der Waals surface area contributed by atoms with Gasteiger partial charge in [0.2, 0.25) is 0 Å². The second-order valence-electron chi connectivity index (χ2n) is 4.80. The van der Waals surface area contributed by atoms with Crippen molar-refractivity contribution in [2.75, 3.05) is 12.8 Å². The van der Waals surface area contributed by atoms with Crippen LogP contribution in [-0.4, -0.2) is 31.1 Å². The number of aromatic hydroxyl groups is 1. The first kappa shape index (κ1) is 14.0. The van der Waals surface area contributed by atoms with Gasteiger partial charge in [0.05, 0.1) is 4.75 Å². The fourth-order valence-corrected chi connectivity index (χ4v) is 1.62. The number of hydrogen-bond acceptors (Lipinski definition) is 4. The molecule has 1 rings (SSSR count). The summed E-state index contributed by atoms with van der Waals surface area (Å²) in [6, 6.07) is 6.82. The van der Waals surface area contributed by atoms with Gasteiger partial charge in [-0.15, -0.1) is 0 Å². The summed E-state index contributed by atoms with van der Waals surface area (Å²) in [5.41, 5.74) is 1.01. The molecule has 4 nitrogen and oxygen atoms in total. The van der Waals surface area contributed by atoms with Crippen molar-refractivity contribution in [1.82, 2.24) is 5.32 Å². The molecular weight excluding hydrogens is 238 g/mol. The third-order valence-corrected chi connectivity index (χ3v) is 4.97. The van der Waals surface area contributed by atoms with Gasteiger partial charge in [0.25, 0.3) is 0 Å². The first-order valence-corrected chi connectivity index (χ1v) is 7.30. The third-order valence-electron chi connectivity index (χ3n) is 2.82. The van der Waals surface area contributed by atoms with E-state index in [1.165, 1.54) is 6.26 Å². The molecule has 96 valence electrons. The highest BCUT2D eigenvalue weighted by Gasteiger charge is 2.29. The van der Waals surface area contributed by atoms with E-state index in [4.69, 9.17) is 5.11 Å². The Morgan fingerprint density at radius 2 is 1.76 bits per heavy atom. The van der Waals surface area contributed by atoms with Crippen LogP contribution in [0.25, 0.3) is 0 Å². The van der Waals surface area contributed by atoms with Crippen LogP contribution < -0.4 is 5.32 Å². The Morgan fingerprint density at radius 3 is 2.24 bits per heavy atom. The van der Waals surface area contributed by atoms with Gasteiger partial charge in [-0.2, -0.15) is 0 Å². The van der Waals surface area contributed by atoms with Crippen molar-refractivity contribution in [2.45, 2.75) is 25.1 Å². The number of phenols is 1. The minimum atomic E-state index is -3.07. The maximum atomic E-state index is 11.5. The van der Waals surface area contributed by atoms with E-state index < -0.39 is 14.6 Å². The van der Waals surface area contributed by atoms with Crippen molar-refractivity contribution >= 4 is 9.84 Å². The van der Waals surface area contributed by atoms with E-state index in [2.05, 4.69) is 5.32 Å². The Bertz CT molecular complexity index is 463. The molecule has 0 heterocycles. The highest BCUT2D eigenvalue weighted by atomic mass is 32.2. The van der Waals surface area contributed by atoms with Crippen LogP contribution in [0.5, 0.6) is 5.75 Å². The highest BCUT2D eigenvalue weighted by Crippen LogP contribution is 2.14. The van der Waals surface area contributed by atoms with Crippen molar-refractivity contribution in [2.24, 2.45) is 0 Å². The van der Waals surface area contributed by atoms with E-state index >= 15 is 0 Å². The van der Waals surface area contributed by atoms with E-state index in [-0.39, 0.29) is 5.75 Å². The van der Waals surface area contributed by atoms with Gasteiger partial charge in [0.15, 0.2) is 9.84 Å². The second-order valence-corrected chi connectivity index (χ2v) is 7.45. The van der Waals surface area contributed by atoms with E-state index in [0.717, 1.165) is 5.56 Å². The standard InChI is InChI=1S/C12H19NO3S/c1-12(2,17(3,15)16)9-13-8-10-4-6-11(14)7-5-10/h4-7,13-14H,8-9H2,1-3H3. The molecule has 0 saturated carbocycles. The van der Waals surface area contributed by atoms with Crippen LogP contribution in [0, 0.1) is 0 Å². The summed E-state index contributed by atoms with van der Waals surface area (Å²) in [7, 11) is -3.07. The lowest BCUT2D eigenvalue weighted by Crippen LogP contribution is -2.41. The molecule has 0 aliphatic heterocycles. The van der Waals surface area contributed by atoms with Gasteiger partial charge >= 0.3 is 0 Å². The maximum Gasteiger partial charge on any atom is 0.153 e. The van der Waals surface area contributed by atoms with Crippen molar-refractivity contribution in [3.63, 3.8) is 0 Å². The Labute approximate surface area is 103 Å². The van der Waals surface area contributed by atoms with Crippen molar-refractivity contribution in [3.8, 4) is 5.75 Å². The molecule has 0 atom stereocenters. The van der Waals surface area contributed by atoms with Crippen LogP contribution in [0.1, 0.15) is 19.4 Å². The van der Waals surface area contributed by atoms with Crippen molar-refractivity contribution in [3.05, 3.63) is 29.8 Å². The van der Waals surface area contributed by atoms with Crippen LogP contribution in [0.15, 0.2) is 24.3 Å². The minimum Gasteiger partial charge on any atom is -0.508 e. The van der Waals surface area contributed by atoms with E-state index in [1.54, 1.807) is 38.1 Å². The third kappa shape index (κ3) is 4.02. The summed E-state index contributed by atoms with van der Waals surface area (Å²) in [4.78, 5) is 0. The number of sulfone groups is 1. The maximum absolute atomic E-state index is 11.5.